The summed E-state index contributed by atoms with van der Waals surface area (Å²) in [5, 5.41) is 4.22. The smallest absolute Gasteiger partial charge is 0.0791 e. The van der Waals surface area contributed by atoms with Crippen molar-refractivity contribution in [1.82, 2.24) is 9.78 Å². The van der Waals surface area contributed by atoms with Crippen LogP contribution in [0.25, 0.3) is 0 Å². The molecule has 3 nitrogen and oxygen atoms in total. The average Bonchev–Trinajstić information content (AvgIpc) is 2.36. The van der Waals surface area contributed by atoms with Gasteiger partial charge in [-0.25, -0.2) is 0 Å². The molecule has 0 aliphatic heterocycles. The van der Waals surface area contributed by atoms with Crippen LogP contribution >= 0.6 is 0 Å². The van der Waals surface area contributed by atoms with E-state index in [0.717, 1.165) is 18.5 Å². The molecule has 62 valence electrons. The summed E-state index contributed by atoms with van der Waals surface area (Å²) in [5.41, 5.74) is 6.84. The summed E-state index contributed by atoms with van der Waals surface area (Å²) in [6.07, 6.45) is 4.04. The van der Waals surface area contributed by atoms with Crippen molar-refractivity contribution in [2.45, 2.75) is 25.8 Å². The first-order valence-corrected chi connectivity index (χ1v) is 3.99. The Morgan fingerprint density at radius 3 is 2.91 bits per heavy atom. The summed E-state index contributed by atoms with van der Waals surface area (Å²) in [6.45, 7) is 2.13. The Kier molecular flexibility index (Phi) is 2.65. The van der Waals surface area contributed by atoms with E-state index in [0.29, 0.717) is 0 Å². The molecule has 3 heteroatoms. The molecule has 1 heterocycles. The normalized spacial score (nSPS) is 13.4. The molecule has 0 aromatic carbocycles. The van der Waals surface area contributed by atoms with E-state index in [4.69, 9.17) is 5.73 Å². The SMILES string of the molecule is CCC[C@@H](N)c1ccn(C)n1. The second-order valence-electron chi connectivity index (χ2n) is 2.81. The second kappa shape index (κ2) is 3.53. The Morgan fingerprint density at radius 1 is 1.73 bits per heavy atom. The van der Waals surface area contributed by atoms with E-state index in [9.17, 15) is 0 Å². The molecule has 0 spiro atoms. The van der Waals surface area contributed by atoms with Gasteiger partial charge in [-0.05, 0) is 12.5 Å². The van der Waals surface area contributed by atoms with E-state index < -0.39 is 0 Å². The predicted molar refractivity (Wildman–Crippen MR) is 45.0 cm³/mol. The number of rotatable bonds is 3. The molecular formula is C8H15N3. The number of hydrogen-bond acceptors (Lipinski definition) is 2. The van der Waals surface area contributed by atoms with Crippen LogP contribution < -0.4 is 5.73 Å². The minimum atomic E-state index is 0.112. The van der Waals surface area contributed by atoms with Crippen LogP contribution in [0.15, 0.2) is 12.3 Å². The van der Waals surface area contributed by atoms with E-state index in [1.165, 1.54) is 0 Å². The second-order valence-corrected chi connectivity index (χ2v) is 2.81. The summed E-state index contributed by atoms with van der Waals surface area (Å²) in [4.78, 5) is 0. The van der Waals surface area contributed by atoms with Crippen molar-refractivity contribution < 1.29 is 0 Å². The third-order valence-electron chi connectivity index (χ3n) is 1.71. The molecule has 0 bridgehead atoms. The molecule has 1 aromatic rings. The number of hydrogen-bond donors (Lipinski definition) is 1. The summed E-state index contributed by atoms with van der Waals surface area (Å²) in [5.74, 6) is 0. The molecular weight excluding hydrogens is 138 g/mol. The maximum Gasteiger partial charge on any atom is 0.0791 e. The first-order valence-electron chi connectivity index (χ1n) is 3.99. The highest BCUT2D eigenvalue weighted by Gasteiger charge is 2.06. The van der Waals surface area contributed by atoms with Crippen LogP contribution in [-0.2, 0) is 7.05 Å². The summed E-state index contributed by atoms with van der Waals surface area (Å²) in [6, 6.07) is 2.08. The number of aryl methyl sites for hydroxylation is 1. The highest BCUT2D eigenvalue weighted by Crippen LogP contribution is 2.11. The van der Waals surface area contributed by atoms with Gasteiger partial charge in [-0.2, -0.15) is 5.10 Å². The van der Waals surface area contributed by atoms with Crippen molar-refractivity contribution in [1.29, 1.82) is 0 Å². The molecule has 2 N–H and O–H groups in total. The summed E-state index contributed by atoms with van der Waals surface area (Å²) in [7, 11) is 1.90. The van der Waals surface area contributed by atoms with Gasteiger partial charge in [-0.1, -0.05) is 13.3 Å². The van der Waals surface area contributed by atoms with Crippen molar-refractivity contribution in [3.8, 4) is 0 Å². The Balaban J connectivity index is 2.60. The largest absolute Gasteiger partial charge is 0.323 e. The molecule has 0 amide bonds. The topological polar surface area (TPSA) is 43.8 Å². The van der Waals surface area contributed by atoms with Crippen LogP contribution in [0.2, 0.25) is 0 Å². The van der Waals surface area contributed by atoms with Gasteiger partial charge in [-0.3, -0.25) is 4.68 Å². The van der Waals surface area contributed by atoms with Crippen molar-refractivity contribution in [2.24, 2.45) is 12.8 Å². The fourth-order valence-corrected chi connectivity index (χ4v) is 1.09. The van der Waals surface area contributed by atoms with Gasteiger partial charge in [0.15, 0.2) is 0 Å². The van der Waals surface area contributed by atoms with E-state index in [-0.39, 0.29) is 6.04 Å². The van der Waals surface area contributed by atoms with E-state index in [1.54, 1.807) is 4.68 Å². The third-order valence-corrected chi connectivity index (χ3v) is 1.71. The molecule has 0 unspecified atom stereocenters. The first kappa shape index (κ1) is 8.27. The van der Waals surface area contributed by atoms with Crippen LogP contribution in [-0.4, -0.2) is 9.78 Å². The average molecular weight is 153 g/mol. The van der Waals surface area contributed by atoms with Gasteiger partial charge >= 0.3 is 0 Å². The fourth-order valence-electron chi connectivity index (χ4n) is 1.09. The number of aromatic nitrogens is 2. The van der Waals surface area contributed by atoms with Crippen LogP contribution in [0.1, 0.15) is 31.5 Å². The minimum Gasteiger partial charge on any atom is -0.323 e. The molecule has 0 saturated carbocycles. The lowest BCUT2D eigenvalue weighted by molar-refractivity contribution is 0.604. The maximum absolute atomic E-state index is 5.84. The lowest BCUT2D eigenvalue weighted by atomic mass is 10.1. The number of nitrogens with two attached hydrogens (primary N) is 1. The lowest BCUT2D eigenvalue weighted by Crippen LogP contribution is -2.10. The van der Waals surface area contributed by atoms with Gasteiger partial charge in [0.05, 0.1) is 5.69 Å². The first-order chi connectivity index (χ1) is 5.24. The molecule has 0 fully saturated rings. The van der Waals surface area contributed by atoms with E-state index in [1.807, 2.05) is 19.3 Å². The van der Waals surface area contributed by atoms with Gasteiger partial charge in [-0.15, -0.1) is 0 Å². The van der Waals surface area contributed by atoms with Crippen molar-refractivity contribution in [2.75, 3.05) is 0 Å². The number of nitrogens with zero attached hydrogens (tertiary/aromatic N) is 2. The summed E-state index contributed by atoms with van der Waals surface area (Å²) >= 11 is 0. The molecule has 0 aliphatic rings. The van der Waals surface area contributed by atoms with Gasteiger partial charge in [0.25, 0.3) is 0 Å². The van der Waals surface area contributed by atoms with Gasteiger partial charge in [0.2, 0.25) is 0 Å². The Hall–Kier alpha value is -0.830. The Morgan fingerprint density at radius 2 is 2.45 bits per heavy atom. The highest BCUT2D eigenvalue weighted by atomic mass is 15.3. The molecule has 11 heavy (non-hydrogen) atoms. The highest BCUT2D eigenvalue weighted by molar-refractivity contribution is 5.03. The van der Waals surface area contributed by atoms with Crippen molar-refractivity contribution >= 4 is 0 Å². The zero-order valence-corrected chi connectivity index (χ0v) is 7.12. The third kappa shape index (κ3) is 2.05. The molecule has 1 rings (SSSR count). The molecule has 1 aromatic heterocycles. The quantitative estimate of drug-likeness (QED) is 0.709. The van der Waals surface area contributed by atoms with Crippen LogP contribution in [0, 0.1) is 0 Å². The molecule has 0 aliphatic carbocycles. The standard InChI is InChI=1S/C8H15N3/c1-3-4-7(9)8-5-6-11(2)10-8/h5-7H,3-4,9H2,1-2H3/t7-/m1/s1. The fraction of sp³-hybridized carbons (Fsp3) is 0.625. The van der Waals surface area contributed by atoms with Crippen molar-refractivity contribution in [3.05, 3.63) is 18.0 Å². The van der Waals surface area contributed by atoms with Gasteiger partial charge in [0.1, 0.15) is 0 Å². The zero-order chi connectivity index (χ0) is 8.27. The minimum absolute atomic E-state index is 0.112. The molecule has 1 atom stereocenters. The predicted octanol–water partition coefficient (Wildman–Crippen LogP) is 1.22. The summed E-state index contributed by atoms with van der Waals surface area (Å²) < 4.78 is 1.78. The Bertz CT molecular complexity index is 217. The lowest BCUT2D eigenvalue weighted by Gasteiger charge is -2.04. The monoisotopic (exact) mass is 153 g/mol. The zero-order valence-electron chi connectivity index (χ0n) is 7.12. The maximum atomic E-state index is 5.84. The van der Waals surface area contributed by atoms with E-state index >= 15 is 0 Å². The van der Waals surface area contributed by atoms with Crippen LogP contribution in [0.3, 0.4) is 0 Å². The van der Waals surface area contributed by atoms with Crippen molar-refractivity contribution in [3.63, 3.8) is 0 Å². The molecule has 0 radical (unpaired) electrons. The van der Waals surface area contributed by atoms with Crippen LogP contribution in [0.5, 0.6) is 0 Å². The van der Waals surface area contributed by atoms with Crippen LogP contribution in [0.4, 0.5) is 0 Å². The van der Waals surface area contributed by atoms with Gasteiger partial charge < -0.3 is 5.73 Å². The van der Waals surface area contributed by atoms with E-state index in [2.05, 4.69) is 12.0 Å². The Labute approximate surface area is 67.2 Å². The molecule has 0 saturated heterocycles. The van der Waals surface area contributed by atoms with Gasteiger partial charge in [0, 0.05) is 19.3 Å².